The molecule has 0 atom stereocenters. The summed E-state index contributed by atoms with van der Waals surface area (Å²) in [6, 6.07) is 7.82. The molecule has 1 saturated heterocycles. The molecule has 8 heteroatoms. The van der Waals surface area contributed by atoms with Crippen LogP contribution in [0.3, 0.4) is 0 Å². The molecule has 8 nitrogen and oxygen atoms in total. The van der Waals surface area contributed by atoms with Crippen LogP contribution >= 0.6 is 0 Å². The molecule has 0 N–H and O–H groups in total. The lowest BCUT2D eigenvalue weighted by Crippen LogP contribution is -2.37. The van der Waals surface area contributed by atoms with Crippen molar-refractivity contribution in [1.82, 2.24) is 19.9 Å². The Kier molecular flexibility index (Phi) is 9.07. The van der Waals surface area contributed by atoms with E-state index in [2.05, 4.69) is 17.1 Å². The monoisotopic (exact) mass is 442 g/mol. The van der Waals surface area contributed by atoms with Crippen molar-refractivity contribution in [2.45, 2.75) is 58.3 Å². The smallest absolute Gasteiger partial charge is 0.226 e. The third-order valence-electron chi connectivity index (χ3n) is 5.75. The molecule has 2 aromatic rings. The van der Waals surface area contributed by atoms with Crippen LogP contribution in [-0.2, 0) is 28.9 Å². The van der Waals surface area contributed by atoms with Crippen LogP contribution in [0.1, 0.15) is 56.3 Å². The summed E-state index contributed by atoms with van der Waals surface area (Å²) >= 11 is 0. The summed E-state index contributed by atoms with van der Waals surface area (Å²) in [6.07, 6.45) is 5.54. The fourth-order valence-electron chi connectivity index (χ4n) is 3.88. The number of methoxy groups -OCH3 is 1. The van der Waals surface area contributed by atoms with Gasteiger partial charge in [-0.3, -0.25) is 9.59 Å². The van der Waals surface area contributed by atoms with Crippen molar-refractivity contribution >= 4 is 11.8 Å². The van der Waals surface area contributed by atoms with E-state index in [-0.39, 0.29) is 11.8 Å². The average molecular weight is 443 g/mol. The molecule has 1 aliphatic heterocycles. The zero-order chi connectivity index (χ0) is 22.8. The highest BCUT2D eigenvalue weighted by Crippen LogP contribution is 2.14. The SMILES string of the molecule is CCCc1noc(CCCC(=O)N2CCCN(C(=O)CCc3ccc(OC)cc3)CC2)n1. The molecule has 32 heavy (non-hydrogen) atoms. The summed E-state index contributed by atoms with van der Waals surface area (Å²) in [6.45, 7) is 4.66. The van der Waals surface area contributed by atoms with Crippen LogP contribution in [0.5, 0.6) is 5.75 Å². The number of nitrogens with zero attached hydrogens (tertiary/aromatic N) is 4. The first kappa shape index (κ1) is 23.8. The number of carbonyl (C=O) groups is 2. The third-order valence-corrected chi connectivity index (χ3v) is 5.75. The Morgan fingerprint density at radius 1 is 0.969 bits per heavy atom. The van der Waals surface area contributed by atoms with Crippen LogP contribution in [0.15, 0.2) is 28.8 Å². The summed E-state index contributed by atoms with van der Waals surface area (Å²) in [4.78, 5) is 33.4. The van der Waals surface area contributed by atoms with Gasteiger partial charge in [0, 0.05) is 51.9 Å². The Morgan fingerprint density at radius 3 is 2.31 bits per heavy atom. The molecule has 2 amide bonds. The van der Waals surface area contributed by atoms with Crippen LogP contribution in [0, 0.1) is 0 Å². The normalized spacial score (nSPS) is 14.3. The van der Waals surface area contributed by atoms with Gasteiger partial charge >= 0.3 is 0 Å². The predicted molar refractivity (Wildman–Crippen MR) is 120 cm³/mol. The standard InChI is InChI=1S/C24H34N4O4/c1-3-6-21-25-22(32-26-21)7-4-8-23(29)27-15-5-16-28(18-17-27)24(30)14-11-19-9-12-20(31-2)13-10-19/h9-10,12-13H,3-8,11,14-18H2,1-2H3. The fourth-order valence-corrected chi connectivity index (χ4v) is 3.88. The van der Waals surface area contributed by atoms with Crippen molar-refractivity contribution in [1.29, 1.82) is 0 Å². The van der Waals surface area contributed by atoms with Gasteiger partial charge in [0.15, 0.2) is 5.82 Å². The number of hydrogen-bond acceptors (Lipinski definition) is 6. The number of amides is 2. The number of aryl methyl sites for hydroxylation is 3. The van der Waals surface area contributed by atoms with Gasteiger partial charge in [0.1, 0.15) is 5.75 Å². The first-order valence-corrected chi connectivity index (χ1v) is 11.6. The van der Waals surface area contributed by atoms with E-state index in [4.69, 9.17) is 9.26 Å². The first-order valence-electron chi connectivity index (χ1n) is 11.6. The van der Waals surface area contributed by atoms with Gasteiger partial charge in [-0.1, -0.05) is 24.2 Å². The molecular formula is C24H34N4O4. The second-order valence-corrected chi connectivity index (χ2v) is 8.17. The molecule has 0 aliphatic carbocycles. The summed E-state index contributed by atoms with van der Waals surface area (Å²) in [5.74, 6) is 2.43. The minimum Gasteiger partial charge on any atom is -0.497 e. The quantitative estimate of drug-likeness (QED) is 0.562. The zero-order valence-corrected chi connectivity index (χ0v) is 19.2. The molecule has 0 unspecified atom stereocenters. The summed E-state index contributed by atoms with van der Waals surface area (Å²) < 4.78 is 10.4. The highest BCUT2D eigenvalue weighted by molar-refractivity contribution is 5.78. The summed E-state index contributed by atoms with van der Waals surface area (Å²) in [7, 11) is 1.64. The minimum atomic E-state index is 0.130. The Morgan fingerprint density at radius 2 is 1.66 bits per heavy atom. The molecule has 1 fully saturated rings. The van der Waals surface area contributed by atoms with Crippen LogP contribution in [0.2, 0.25) is 0 Å². The van der Waals surface area contributed by atoms with E-state index >= 15 is 0 Å². The highest BCUT2D eigenvalue weighted by Gasteiger charge is 2.22. The number of rotatable bonds is 10. The van der Waals surface area contributed by atoms with Crippen LogP contribution < -0.4 is 4.74 Å². The topological polar surface area (TPSA) is 88.8 Å². The molecule has 1 aromatic carbocycles. The van der Waals surface area contributed by atoms with Crippen molar-refractivity contribution < 1.29 is 18.8 Å². The largest absolute Gasteiger partial charge is 0.497 e. The molecule has 0 radical (unpaired) electrons. The highest BCUT2D eigenvalue weighted by atomic mass is 16.5. The van der Waals surface area contributed by atoms with E-state index in [0.717, 1.165) is 36.4 Å². The Balaban J connectivity index is 1.38. The first-order chi connectivity index (χ1) is 15.6. The van der Waals surface area contributed by atoms with Gasteiger partial charge in [-0.2, -0.15) is 4.98 Å². The number of ether oxygens (including phenoxy) is 1. The minimum absolute atomic E-state index is 0.130. The lowest BCUT2D eigenvalue weighted by molar-refractivity contribution is -0.133. The van der Waals surface area contributed by atoms with Crippen molar-refractivity contribution in [3.8, 4) is 5.75 Å². The van der Waals surface area contributed by atoms with Gasteiger partial charge in [0.25, 0.3) is 0 Å². The molecule has 1 aliphatic rings. The maximum Gasteiger partial charge on any atom is 0.226 e. The van der Waals surface area contributed by atoms with Crippen LogP contribution in [0.4, 0.5) is 0 Å². The van der Waals surface area contributed by atoms with Crippen molar-refractivity contribution in [2.24, 2.45) is 0 Å². The number of benzene rings is 1. The van der Waals surface area contributed by atoms with Gasteiger partial charge in [0.05, 0.1) is 7.11 Å². The van der Waals surface area contributed by atoms with Gasteiger partial charge < -0.3 is 19.1 Å². The number of hydrogen-bond donors (Lipinski definition) is 0. The van der Waals surface area contributed by atoms with E-state index in [9.17, 15) is 9.59 Å². The van der Waals surface area contributed by atoms with E-state index < -0.39 is 0 Å². The fraction of sp³-hybridized carbons (Fsp3) is 0.583. The third kappa shape index (κ3) is 7.07. The molecule has 0 spiro atoms. The molecular weight excluding hydrogens is 408 g/mol. The molecule has 174 valence electrons. The molecule has 0 saturated carbocycles. The van der Waals surface area contributed by atoms with Crippen molar-refractivity contribution in [3.05, 3.63) is 41.5 Å². The number of carbonyl (C=O) groups excluding carboxylic acids is 2. The van der Waals surface area contributed by atoms with Gasteiger partial charge in [-0.05, 0) is 43.4 Å². The zero-order valence-electron chi connectivity index (χ0n) is 19.2. The second-order valence-electron chi connectivity index (χ2n) is 8.17. The van der Waals surface area contributed by atoms with Crippen molar-refractivity contribution in [3.63, 3.8) is 0 Å². The van der Waals surface area contributed by atoms with Gasteiger partial charge in [-0.25, -0.2) is 0 Å². The predicted octanol–water partition coefficient (Wildman–Crippen LogP) is 3.05. The Hall–Kier alpha value is -2.90. The Bertz CT molecular complexity index is 865. The number of aromatic nitrogens is 2. The van der Waals surface area contributed by atoms with Crippen molar-refractivity contribution in [2.75, 3.05) is 33.3 Å². The van der Waals surface area contributed by atoms with E-state index in [1.165, 1.54) is 0 Å². The summed E-state index contributed by atoms with van der Waals surface area (Å²) in [5, 5.41) is 3.95. The molecule has 3 rings (SSSR count). The average Bonchev–Trinajstić information content (AvgIpc) is 3.10. The van der Waals surface area contributed by atoms with E-state index in [1.807, 2.05) is 34.1 Å². The lowest BCUT2D eigenvalue weighted by Gasteiger charge is -2.22. The second kappa shape index (κ2) is 12.2. The Labute approximate surface area is 189 Å². The van der Waals surface area contributed by atoms with Crippen LogP contribution in [-0.4, -0.2) is 65.0 Å². The lowest BCUT2D eigenvalue weighted by atomic mass is 10.1. The molecule has 0 bridgehead atoms. The molecule has 2 heterocycles. The van der Waals surface area contributed by atoms with Gasteiger partial charge in [-0.15, -0.1) is 0 Å². The van der Waals surface area contributed by atoms with E-state index in [1.54, 1.807) is 7.11 Å². The maximum atomic E-state index is 12.7. The van der Waals surface area contributed by atoms with Gasteiger partial charge in [0.2, 0.25) is 17.7 Å². The maximum absolute atomic E-state index is 12.7. The van der Waals surface area contributed by atoms with E-state index in [0.29, 0.717) is 64.2 Å². The molecule has 1 aromatic heterocycles. The van der Waals surface area contributed by atoms with Crippen LogP contribution in [0.25, 0.3) is 0 Å². The summed E-state index contributed by atoms with van der Waals surface area (Å²) in [5.41, 5.74) is 1.12.